The number of hydrogen-bond acceptors (Lipinski definition) is 4. The molecule has 150 valence electrons. The molecule has 1 fully saturated rings. The highest BCUT2D eigenvalue weighted by Gasteiger charge is 2.21. The first-order chi connectivity index (χ1) is 13.5. The predicted octanol–water partition coefficient (Wildman–Crippen LogP) is 3.36. The highest BCUT2D eigenvalue weighted by Crippen LogP contribution is 2.21. The van der Waals surface area contributed by atoms with Crippen molar-refractivity contribution in [2.24, 2.45) is 0 Å². The van der Waals surface area contributed by atoms with Gasteiger partial charge in [-0.25, -0.2) is 4.39 Å². The van der Waals surface area contributed by atoms with E-state index in [1.807, 2.05) is 12.1 Å². The molecule has 0 N–H and O–H groups in total. The van der Waals surface area contributed by atoms with E-state index in [4.69, 9.17) is 9.47 Å². The number of piperazine rings is 1. The third kappa shape index (κ3) is 5.69. The summed E-state index contributed by atoms with van der Waals surface area (Å²) < 4.78 is 24.9. The Bertz CT molecular complexity index is 793. The Labute approximate surface area is 173 Å². The maximum atomic E-state index is 13.8. The SMILES string of the molecule is COc1ccc(CCN2CCN(C(=O)COc3ccc(Br)cc3F)CC2)cc1. The average Bonchev–Trinajstić information content (AvgIpc) is 2.72. The van der Waals surface area contributed by atoms with E-state index < -0.39 is 5.82 Å². The van der Waals surface area contributed by atoms with Crippen molar-refractivity contribution in [2.75, 3.05) is 46.4 Å². The highest BCUT2D eigenvalue weighted by molar-refractivity contribution is 9.10. The Morgan fingerprint density at radius 3 is 2.46 bits per heavy atom. The lowest BCUT2D eigenvalue weighted by atomic mass is 10.1. The van der Waals surface area contributed by atoms with Crippen LogP contribution in [-0.2, 0) is 11.2 Å². The zero-order valence-corrected chi connectivity index (χ0v) is 17.5. The zero-order chi connectivity index (χ0) is 19.9. The lowest BCUT2D eigenvalue weighted by Gasteiger charge is -2.34. The molecule has 1 amide bonds. The van der Waals surface area contributed by atoms with Crippen LogP contribution in [0.5, 0.6) is 11.5 Å². The molecular weight excluding hydrogens is 427 g/mol. The summed E-state index contributed by atoms with van der Waals surface area (Å²) in [6, 6.07) is 12.6. The summed E-state index contributed by atoms with van der Waals surface area (Å²) in [7, 11) is 1.66. The van der Waals surface area contributed by atoms with Crippen molar-refractivity contribution < 1.29 is 18.7 Å². The van der Waals surface area contributed by atoms with E-state index in [1.54, 1.807) is 18.1 Å². The molecule has 1 aliphatic heterocycles. The summed E-state index contributed by atoms with van der Waals surface area (Å²) in [6.45, 7) is 3.78. The normalized spacial score (nSPS) is 14.8. The van der Waals surface area contributed by atoms with E-state index in [9.17, 15) is 9.18 Å². The summed E-state index contributed by atoms with van der Waals surface area (Å²) in [5, 5.41) is 0. The fourth-order valence-electron chi connectivity index (χ4n) is 3.12. The molecule has 0 radical (unpaired) electrons. The lowest BCUT2D eigenvalue weighted by molar-refractivity contribution is -0.135. The maximum absolute atomic E-state index is 13.8. The number of ether oxygens (including phenoxy) is 2. The van der Waals surface area contributed by atoms with Crippen LogP contribution in [0, 0.1) is 5.82 Å². The molecule has 0 bridgehead atoms. The first-order valence-electron chi connectivity index (χ1n) is 9.26. The van der Waals surface area contributed by atoms with Gasteiger partial charge in [-0.05, 0) is 42.3 Å². The molecular formula is C21H24BrFN2O3. The Morgan fingerprint density at radius 1 is 1.11 bits per heavy atom. The number of amides is 1. The van der Waals surface area contributed by atoms with Crippen molar-refractivity contribution in [3.8, 4) is 11.5 Å². The van der Waals surface area contributed by atoms with Crippen LogP contribution < -0.4 is 9.47 Å². The molecule has 2 aromatic carbocycles. The molecule has 0 saturated carbocycles. The minimum Gasteiger partial charge on any atom is -0.497 e. The lowest BCUT2D eigenvalue weighted by Crippen LogP contribution is -2.50. The fourth-order valence-corrected chi connectivity index (χ4v) is 3.46. The van der Waals surface area contributed by atoms with Gasteiger partial charge in [-0.2, -0.15) is 0 Å². The van der Waals surface area contributed by atoms with Crippen molar-refractivity contribution >= 4 is 21.8 Å². The molecule has 0 aliphatic carbocycles. The first-order valence-corrected chi connectivity index (χ1v) is 10.1. The van der Waals surface area contributed by atoms with Crippen LogP contribution in [0.4, 0.5) is 4.39 Å². The van der Waals surface area contributed by atoms with E-state index in [1.165, 1.54) is 17.7 Å². The number of benzene rings is 2. The molecule has 0 unspecified atom stereocenters. The number of rotatable bonds is 7. The Kier molecular flexibility index (Phi) is 7.28. The summed E-state index contributed by atoms with van der Waals surface area (Å²) in [6.07, 6.45) is 0.962. The van der Waals surface area contributed by atoms with Gasteiger partial charge in [0.2, 0.25) is 0 Å². The van der Waals surface area contributed by atoms with Crippen LogP contribution in [0.2, 0.25) is 0 Å². The average molecular weight is 451 g/mol. The van der Waals surface area contributed by atoms with Crippen molar-refractivity contribution in [1.29, 1.82) is 0 Å². The number of methoxy groups -OCH3 is 1. The van der Waals surface area contributed by atoms with Gasteiger partial charge in [0.1, 0.15) is 5.75 Å². The van der Waals surface area contributed by atoms with E-state index >= 15 is 0 Å². The standard InChI is InChI=1S/C21H24BrFN2O3/c1-27-18-5-2-16(3-6-18)8-9-24-10-12-25(13-11-24)21(26)15-28-20-7-4-17(22)14-19(20)23/h2-7,14H,8-13,15H2,1H3. The largest absolute Gasteiger partial charge is 0.497 e. The second-order valence-electron chi connectivity index (χ2n) is 6.68. The molecule has 5 nitrogen and oxygen atoms in total. The fraction of sp³-hybridized carbons (Fsp3) is 0.381. The van der Waals surface area contributed by atoms with E-state index in [-0.39, 0.29) is 18.3 Å². The van der Waals surface area contributed by atoms with Gasteiger partial charge >= 0.3 is 0 Å². The molecule has 1 heterocycles. The highest BCUT2D eigenvalue weighted by atomic mass is 79.9. The number of halogens is 2. The summed E-state index contributed by atoms with van der Waals surface area (Å²) in [4.78, 5) is 16.5. The number of carbonyl (C=O) groups excluding carboxylic acids is 1. The third-order valence-corrected chi connectivity index (χ3v) is 5.34. The molecule has 0 aromatic heterocycles. The van der Waals surface area contributed by atoms with Crippen molar-refractivity contribution in [2.45, 2.75) is 6.42 Å². The van der Waals surface area contributed by atoms with Gasteiger partial charge in [-0.15, -0.1) is 0 Å². The molecule has 3 rings (SSSR count). The molecule has 7 heteroatoms. The van der Waals surface area contributed by atoms with Crippen LogP contribution in [0.3, 0.4) is 0 Å². The minimum atomic E-state index is -0.481. The maximum Gasteiger partial charge on any atom is 0.260 e. The summed E-state index contributed by atoms with van der Waals surface area (Å²) in [5.74, 6) is 0.360. The van der Waals surface area contributed by atoms with Gasteiger partial charge < -0.3 is 14.4 Å². The molecule has 2 aromatic rings. The topological polar surface area (TPSA) is 42.0 Å². The van der Waals surface area contributed by atoms with Crippen LogP contribution in [-0.4, -0.2) is 62.1 Å². The summed E-state index contributed by atoms with van der Waals surface area (Å²) >= 11 is 3.20. The van der Waals surface area contributed by atoms with E-state index in [0.717, 1.165) is 31.8 Å². The molecule has 1 saturated heterocycles. The van der Waals surface area contributed by atoms with Crippen molar-refractivity contribution in [3.63, 3.8) is 0 Å². The van der Waals surface area contributed by atoms with E-state index in [0.29, 0.717) is 17.6 Å². The molecule has 28 heavy (non-hydrogen) atoms. The van der Waals surface area contributed by atoms with Gasteiger partial charge in [0.05, 0.1) is 7.11 Å². The van der Waals surface area contributed by atoms with Crippen LogP contribution in [0.25, 0.3) is 0 Å². The van der Waals surface area contributed by atoms with Crippen LogP contribution >= 0.6 is 15.9 Å². The van der Waals surface area contributed by atoms with Crippen molar-refractivity contribution in [1.82, 2.24) is 9.80 Å². The van der Waals surface area contributed by atoms with Crippen LogP contribution in [0.1, 0.15) is 5.56 Å². The quantitative estimate of drug-likeness (QED) is 0.648. The zero-order valence-electron chi connectivity index (χ0n) is 15.9. The second-order valence-corrected chi connectivity index (χ2v) is 7.60. The summed E-state index contributed by atoms with van der Waals surface area (Å²) in [5.41, 5.74) is 1.27. The number of carbonyl (C=O) groups is 1. The Balaban J connectivity index is 1.39. The molecule has 0 atom stereocenters. The van der Waals surface area contributed by atoms with Gasteiger partial charge in [-0.1, -0.05) is 28.1 Å². The molecule has 1 aliphatic rings. The number of hydrogen-bond donors (Lipinski definition) is 0. The molecule has 0 spiro atoms. The van der Waals surface area contributed by atoms with Gasteiger partial charge in [0.15, 0.2) is 18.2 Å². The van der Waals surface area contributed by atoms with E-state index in [2.05, 4.69) is 33.0 Å². The van der Waals surface area contributed by atoms with Gasteiger partial charge in [0.25, 0.3) is 5.91 Å². The van der Waals surface area contributed by atoms with Crippen molar-refractivity contribution in [3.05, 3.63) is 58.3 Å². The predicted molar refractivity (Wildman–Crippen MR) is 109 cm³/mol. The first kappa shape index (κ1) is 20.6. The Hall–Kier alpha value is -2.12. The Morgan fingerprint density at radius 2 is 1.82 bits per heavy atom. The second kappa shape index (κ2) is 9.89. The van der Waals surface area contributed by atoms with Crippen LogP contribution in [0.15, 0.2) is 46.9 Å². The third-order valence-electron chi connectivity index (χ3n) is 4.85. The van der Waals surface area contributed by atoms with Gasteiger partial charge in [-0.3, -0.25) is 9.69 Å². The monoisotopic (exact) mass is 450 g/mol. The smallest absolute Gasteiger partial charge is 0.260 e. The number of nitrogens with zero attached hydrogens (tertiary/aromatic N) is 2. The van der Waals surface area contributed by atoms with Gasteiger partial charge in [0, 0.05) is 37.2 Å². The minimum absolute atomic E-state index is 0.0923.